The fraction of sp³-hybridized carbons (Fsp3) is 0.200. The summed E-state index contributed by atoms with van der Waals surface area (Å²) in [4.78, 5) is 15.8. The van der Waals surface area contributed by atoms with Crippen molar-refractivity contribution < 1.29 is 4.79 Å². The topological polar surface area (TPSA) is 42.0 Å². The molecule has 1 amide bonds. The van der Waals surface area contributed by atoms with Crippen molar-refractivity contribution in [1.29, 1.82) is 0 Å². The Hall–Kier alpha value is -2.16. The van der Waals surface area contributed by atoms with Gasteiger partial charge in [0.05, 0.1) is 0 Å². The minimum atomic E-state index is -0.126. The van der Waals surface area contributed by atoms with Gasteiger partial charge >= 0.3 is 0 Å². The Labute approximate surface area is 107 Å². The average Bonchev–Trinajstić information content (AvgIpc) is 2.46. The van der Waals surface area contributed by atoms with Crippen LogP contribution in [-0.4, -0.2) is 17.4 Å². The van der Waals surface area contributed by atoms with Gasteiger partial charge in [0.25, 0.3) is 5.91 Å². The highest BCUT2D eigenvalue weighted by Gasteiger charge is 2.09. The molecule has 0 bridgehead atoms. The fourth-order valence-corrected chi connectivity index (χ4v) is 1.73. The van der Waals surface area contributed by atoms with E-state index in [0.29, 0.717) is 18.2 Å². The number of nitrogens with zero attached hydrogens (tertiary/aromatic N) is 1. The Morgan fingerprint density at radius 1 is 1.17 bits per heavy atom. The second kappa shape index (κ2) is 5.96. The normalized spacial score (nSPS) is 11.8. The molecule has 1 heterocycles. The van der Waals surface area contributed by atoms with Crippen molar-refractivity contribution in [3.05, 3.63) is 66.0 Å². The molecule has 3 heteroatoms. The molecule has 1 atom stereocenters. The predicted octanol–water partition coefficient (Wildman–Crippen LogP) is 2.62. The molecule has 1 N–H and O–H groups in total. The van der Waals surface area contributed by atoms with E-state index in [-0.39, 0.29) is 5.91 Å². The predicted molar refractivity (Wildman–Crippen MR) is 71.4 cm³/mol. The molecule has 1 aromatic carbocycles. The lowest BCUT2D eigenvalue weighted by molar-refractivity contribution is 0.0946. The van der Waals surface area contributed by atoms with Gasteiger partial charge < -0.3 is 5.32 Å². The first-order valence-electron chi connectivity index (χ1n) is 6.01. The molecule has 0 saturated heterocycles. The maximum Gasteiger partial charge on any atom is 0.269 e. The maximum absolute atomic E-state index is 11.8. The third-order valence-electron chi connectivity index (χ3n) is 2.83. The van der Waals surface area contributed by atoms with Gasteiger partial charge in [0, 0.05) is 12.7 Å². The second-order valence-corrected chi connectivity index (χ2v) is 4.24. The van der Waals surface area contributed by atoms with Crippen molar-refractivity contribution in [2.75, 3.05) is 6.54 Å². The van der Waals surface area contributed by atoms with Crippen LogP contribution in [0.3, 0.4) is 0 Å². The van der Waals surface area contributed by atoms with Gasteiger partial charge in [-0.1, -0.05) is 43.3 Å². The highest BCUT2D eigenvalue weighted by Crippen LogP contribution is 2.13. The van der Waals surface area contributed by atoms with E-state index >= 15 is 0 Å². The second-order valence-electron chi connectivity index (χ2n) is 4.24. The van der Waals surface area contributed by atoms with Crippen LogP contribution in [0.2, 0.25) is 0 Å². The number of nitrogens with one attached hydrogen (secondary N) is 1. The Morgan fingerprint density at radius 3 is 2.56 bits per heavy atom. The van der Waals surface area contributed by atoms with E-state index in [4.69, 9.17) is 0 Å². The van der Waals surface area contributed by atoms with E-state index < -0.39 is 0 Å². The molecule has 2 rings (SSSR count). The van der Waals surface area contributed by atoms with Gasteiger partial charge in [0.2, 0.25) is 0 Å². The van der Waals surface area contributed by atoms with Crippen LogP contribution in [0.25, 0.3) is 0 Å². The van der Waals surface area contributed by atoms with Crippen molar-refractivity contribution in [2.24, 2.45) is 0 Å². The quantitative estimate of drug-likeness (QED) is 0.892. The summed E-state index contributed by atoms with van der Waals surface area (Å²) >= 11 is 0. The number of carbonyl (C=O) groups is 1. The number of pyridine rings is 1. The number of aromatic nitrogens is 1. The molecule has 0 unspecified atom stereocenters. The van der Waals surface area contributed by atoms with E-state index in [9.17, 15) is 4.79 Å². The Balaban J connectivity index is 1.91. The first-order chi connectivity index (χ1) is 8.77. The van der Waals surface area contributed by atoms with Gasteiger partial charge in [0.1, 0.15) is 5.69 Å². The zero-order valence-corrected chi connectivity index (χ0v) is 10.3. The van der Waals surface area contributed by atoms with E-state index in [1.165, 1.54) is 5.56 Å². The lowest BCUT2D eigenvalue weighted by atomic mass is 10.0. The van der Waals surface area contributed by atoms with E-state index in [2.05, 4.69) is 29.4 Å². The SMILES string of the molecule is C[C@H](CNC(=O)c1ccccn1)c1ccccc1. The van der Waals surface area contributed by atoms with Crippen LogP contribution in [0.4, 0.5) is 0 Å². The number of hydrogen-bond acceptors (Lipinski definition) is 2. The lowest BCUT2D eigenvalue weighted by Crippen LogP contribution is -2.28. The van der Waals surface area contributed by atoms with Crippen molar-refractivity contribution in [2.45, 2.75) is 12.8 Å². The summed E-state index contributed by atoms with van der Waals surface area (Å²) in [6.45, 7) is 2.70. The highest BCUT2D eigenvalue weighted by atomic mass is 16.1. The van der Waals surface area contributed by atoms with Gasteiger partial charge in [-0.15, -0.1) is 0 Å². The Morgan fingerprint density at radius 2 is 1.89 bits per heavy atom. The third-order valence-corrected chi connectivity index (χ3v) is 2.83. The molecular weight excluding hydrogens is 224 g/mol. The Kier molecular flexibility index (Phi) is 4.07. The minimum absolute atomic E-state index is 0.126. The molecular formula is C15H16N2O. The summed E-state index contributed by atoms with van der Waals surface area (Å²) in [5.41, 5.74) is 1.68. The molecule has 1 aromatic heterocycles. The highest BCUT2D eigenvalue weighted by molar-refractivity contribution is 5.92. The first kappa shape index (κ1) is 12.3. The van der Waals surface area contributed by atoms with Gasteiger partial charge in [-0.3, -0.25) is 9.78 Å². The summed E-state index contributed by atoms with van der Waals surface area (Å²) in [7, 11) is 0. The van der Waals surface area contributed by atoms with Crippen LogP contribution in [0.1, 0.15) is 28.9 Å². The number of rotatable bonds is 4. The smallest absolute Gasteiger partial charge is 0.269 e. The molecule has 92 valence electrons. The fourth-order valence-electron chi connectivity index (χ4n) is 1.73. The largest absolute Gasteiger partial charge is 0.350 e. The van der Waals surface area contributed by atoms with Crippen LogP contribution in [0.5, 0.6) is 0 Å². The van der Waals surface area contributed by atoms with Crippen LogP contribution >= 0.6 is 0 Å². The maximum atomic E-state index is 11.8. The number of amides is 1. The van der Waals surface area contributed by atoms with Gasteiger partial charge in [-0.2, -0.15) is 0 Å². The van der Waals surface area contributed by atoms with Crippen molar-refractivity contribution in [1.82, 2.24) is 10.3 Å². The van der Waals surface area contributed by atoms with E-state index in [0.717, 1.165) is 0 Å². The molecule has 3 nitrogen and oxygen atoms in total. The molecule has 0 spiro atoms. The van der Waals surface area contributed by atoms with Crippen LogP contribution in [0, 0.1) is 0 Å². The lowest BCUT2D eigenvalue weighted by Gasteiger charge is -2.12. The minimum Gasteiger partial charge on any atom is -0.350 e. The van der Waals surface area contributed by atoms with Gasteiger partial charge in [-0.25, -0.2) is 0 Å². The molecule has 2 aromatic rings. The van der Waals surface area contributed by atoms with E-state index in [1.807, 2.05) is 24.3 Å². The van der Waals surface area contributed by atoms with Crippen molar-refractivity contribution >= 4 is 5.91 Å². The van der Waals surface area contributed by atoms with Crippen LogP contribution in [0.15, 0.2) is 54.7 Å². The summed E-state index contributed by atoms with van der Waals surface area (Å²) < 4.78 is 0. The summed E-state index contributed by atoms with van der Waals surface area (Å²) in [6, 6.07) is 15.4. The summed E-state index contributed by atoms with van der Waals surface area (Å²) in [6.07, 6.45) is 1.62. The first-order valence-corrected chi connectivity index (χ1v) is 6.01. The molecule has 0 fully saturated rings. The molecule has 18 heavy (non-hydrogen) atoms. The zero-order valence-electron chi connectivity index (χ0n) is 10.3. The summed E-state index contributed by atoms with van der Waals surface area (Å²) in [5.74, 6) is 0.164. The molecule has 0 aliphatic carbocycles. The number of benzene rings is 1. The zero-order chi connectivity index (χ0) is 12.8. The Bertz CT molecular complexity index is 496. The number of hydrogen-bond donors (Lipinski definition) is 1. The van der Waals surface area contributed by atoms with E-state index in [1.54, 1.807) is 18.3 Å². The van der Waals surface area contributed by atoms with Crippen LogP contribution in [-0.2, 0) is 0 Å². The average molecular weight is 240 g/mol. The van der Waals surface area contributed by atoms with Crippen molar-refractivity contribution in [3.63, 3.8) is 0 Å². The van der Waals surface area contributed by atoms with Gasteiger partial charge in [-0.05, 0) is 23.6 Å². The monoisotopic (exact) mass is 240 g/mol. The summed E-state index contributed by atoms with van der Waals surface area (Å²) in [5, 5.41) is 2.90. The molecule has 0 saturated carbocycles. The van der Waals surface area contributed by atoms with Gasteiger partial charge in [0.15, 0.2) is 0 Å². The van der Waals surface area contributed by atoms with Crippen LogP contribution < -0.4 is 5.32 Å². The molecule has 0 aliphatic rings. The number of carbonyl (C=O) groups excluding carboxylic acids is 1. The van der Waals surface area contributed by atoms with Crippen molar-refractivity contribution in [3.8, 4) is 0 Å². The molecule has 0 radical (unpaired) electrons. The third kappa shape index (κ3) is 3.17. The standard InChI is InChI=1S/C15H16N2O/c1-12(13-7-3-2-4-8-13)11-17-15(18)14-9-5-6-10-16-14/h2-10,12H,11H2,1H3,(H,17,18)/t12-/m1/s1. The molecule has 0 aliphatic heterocycles.